The number of fused-ring (bicyclic) bond motifs is 1. The molecule has 5 aromatic rings. The van der Waals surface area contributed by atoms with Crippen molar-refractivity contribution >= 4 is 11.0 Å². The van der Waals surface area contributed by atoms with E-state index >= 15 is 0 Å². The molecule has 0 saturated carbocycles. The van der Waals surface area contributed by atoms with E-state index in [1.165, 1.54) is 12.1 Å². The van der Waals surface area contributed by atoms with Crippen LogP contribution in [0.3, 0.4) is 0 Å². The Morgan fingerprint density at radius 1 is 1.15 bits per heavy atom. The van der Waals surface area contributed by atoms with Crippen LogP contribution >= 0.6 is 0 Å². The monoisotopic (exact) mass is 446 g/mol. The summed E-state index contributed by atoms with van der Waals surface area (Å²) in [6, 6.07) is 10.3. The third-order valence-electron chi connectivity index (χ3n) is 5.78. The number of rotatable bonds is 7. The minimum atomic E-state index is -0.991. The van der Waals surface area contributed by atoms with Gasteiger partial charge in [-0.05, 0) is 36.8 Å². The van der Waals surface area contributed by atoms with Crippen LogP contribution in [0.15, 0.2) is 61.2 Å². The first-order valence-corrected chi connectivity index (χ1v) is 10.4. The van der Waals surface area contributed by atoms with Gasteiger partial charge in [0.05, 0.1) is 17.6 Å². The normalized spacial score (nSPS) is 13.5. The highest BCUT2D eigenvalue weighted by atomic mass is 19.1. The third kappa shape index (κ3) is 3.81. The van der Waals surface area contributed by atoms with Crippen LogP contribution in [0.5, 0.6) is 0 Å². The Balaban J connectivity index is 1.57. The second-order valence-electron chi connectivity index (χ2n) is 7.99. The van der Waals surface area contributed by atoms with Gasteiger partial charge in [-0.2, -0.15) is 10.2 Å². The van der Waals surface area contributed by atoms with Crippen molar-refractivity contribution in [3.8, 4) is 22.4 Å². The summed E-state index contributed by atoms with van der Waals surface area (Å²) >= 11 is 0. The molecule has 5 rings (SSSR count). The predicted molar refractivity (Wildman–Crippen MR) is 122 cm³/mol. The summed E-state index contributed by atoms with van der Waals surface area (Å²) < 4.78 is 26.9. The quantitative estimate of drug-likeness (QED) is 0.362. The van der Waals surface area contributed by atoms with E-state index in [2.05, 4.69) is 31.3 Å². The highest BCUT2D eigenvalue weighted by Crippen LogP contribution is 2.36. The Morgan fingerprint density at radius 2 is 2.03 bits per heavy atom. The molecule has 0 aliphatic heterocycles. The molecule has 168 valence electrons. The zero-order chi connectivity index (χ0) is 23.0. The van der Waals surface area contributed by atoms with E-state index in [1.807, 2.05) is 44.7 Å². The maximum Gasteiger partial charge on any atom is 0.148 e. The van der Waals surface area contributed by atoms with Crippen LogP contribution in [-0.4, -0.2) is 43.8 Å². The summed E-state index contributed by atoms with van der Waals surface area (Å²) in [6.45, 7) is 1.89. The molecule has 4 aromatic heterocycles. The minimum absolute atomic E-state index is 0.0346. The molecule has 4 heterocycles. The molecule has 1 unspecified atom stereocenters. The highest BCUT2D eigenvalue weighted by molar-refractivity contribution is 5.94. The van der Waals surface area contributed by atoms with E-state index in [0.717, 1.165) is 27.7 Å². The van der Waals surface area contributed by atoms with E-state index in [0.29, 0.717) is 17.0 Å². The van der Waals surface area contributed by atoms with Gasteiger partial charge in [0, 0.05) is 54.8 Å². The molecule has 2 N–H and O–H groups in total. The van der Waals surface area contributed by atoms with Crippen LogP contribution in [0.4, 0.5) is 4.39 Å². The molecular formula is C24H23FN6O2. The number of hydrogen-bond acceptors (Lipinski definition) is 5. The third-order valence-corrected chi connectivity index (χ3v) is 5.78. The van der Waals surface area contributed by atoms with Crippen molar-refractivity contribution in [3.63, 3.8) is 0 Å². The summed E-state index contributed by atoms with van der Waals surface area (Å²) in [5.41, 5.74) is 4.62. The van der Waals surface area contributed by atoms with Crippen molar-refractivity contribution in [1.82, 2.24) is 29.9 Å². The van der Waals surface area contributed by atoms with E-state index in [-0.39, 0.29) is 12.6 Å². The van der Waals surface area contributed by atoms with Gasteiger partial charge in [-0.1, -0.05) is 12.1 Å². The Hall–Kier alpha value is -3.82. The molecular weight excluding hydrogens is 423 g/mol. The van der Waals surface area contributed by atoms with Crippen molar-refractivity contribution < 1.29 is 13.9 Å². The molecule has 0 aliphatic carbocycles. The maximum absolute atomic E-state index is 14.0. The molecule has 0 aliphatic rings. The van der Waals surface area contributed by atoms with E-state index in [1.54, 1.807) is 24.1 Å². The lowest BCUT2D eigenvalue weighted by Crippen LogP contribution is -2.29. The van der Waals surface area contributed by atoms with Crippen LogP contribution in [0, 0.1) is 5.82 Å². The van der Waals surface area contributed by atoms with Crippen LogP contribution < -0.4 is 0 Å². The fourth-order valence-electron chi connectivity index (χ4n) is 3.93. The van der Waals surface area contributed by atoms with Gasteiger partial charge in [0.1, 0.15) is 23.9 Å². The molecule has 1 atom stereocenters. The largest absolute Gasteiger partial charge is 0.359 e. The summed E-state index contributed by atoms with van der Waals surface area (Å²) in [5, 5.41) is 12.8. The number of nitrogens with one attached hydrogen (secondary N) is 2. The van der Waals surface area contributed by atoms with Crippen molar-refractivity contribution in [2.45, 2.75) is 12.5 Å². The molecule has 0 saturated heterocycles. The number of halogens is 1. The van der Waals surface area contributed by atoms with E-state index in [9.17, 15) is 4.39 Å². The van der Waals surface area contributed by atoms with Gasteiger partial charge >= 0.3 is 0 Å². The number of nitrogens with zero attached hydrogens (tertiary/aromatic N) is 4. The van der Waals surface area contributed by atoms with Crippen LogP contribution in [0.25, 0.3) is 33.4 Å². The Morgan fingerprint density at radius 3 is 2.79 bits per heavy atom. The van der Waals surface area contributed by atoms with Gasteiger partial charge in [-0.3, -0.25) is 9.78 Å². The predicted octanol–water partition coefficient (Wildman–Crippen LogP) is 4.38. The zero-order valence-corrected chi connectivity index (χ0v) is 18.5. The molecule has 0 spiro atoms. The van der Waals surface area contributed by atoms with Crippen molar-refractivity contribution in [2.75, 3.05) is 13.9 Å². The lowest BCUT2D eigenvalue weighted by Gasteiger charge is -2.29. The maximum atomic E-state index is 14.0. The number of benzene rings is 1. The van der Waals surface area contributed by atoms with Crippen LogP contribution in [-0.2, 0) is 22.1 Å². The zero-order valence-electron chi connectivity index (χ0n) is 18.5. The molecule has 0 fully saturated rings. The number of pyridine rings is 1. The number of methoxy groups -OCH3 is 1. The number of H-pyrrole nitrogens is 2. The fraction of sp³-hybridized carbons (Fsp3) is 0.208. The Bertz CT molecular complexity index is 1420. The average molecular weight is 446 g/mol. The topological polar surface area (TPSA) is 93.6 Å². The summed E-state index contributed by atoms with van der Waals surface area (Å²) in [7, 11) is 3.42. The first-order chi connectivity index (χ1) is 16.0. The number of aromatic nitrogens is 6. The average Bonchev–Trinajstić information content (AvgIpc) is 3.56. The number of aromatic amines is 2. The first kappa shape index (κ1) is 21.0. The molecule has 8 nitrogen and oxygen atoms in total. The minimum Gasteiger partial charge on any atom is -0.359 e. The second-order valence-corrected chi connectivity index (χ2v) is 7.99. The molecule has 9 heteroatoms. The summed E-state index contributed by atoms with van der Waals surface area (Å²) in [6.07, 6.45) is 7.44. The standard InChI is InChI=1S/C24H23FN6O2/c1-24(33-14-32-3,17-5-4-6-18(25)8-17)22-9-21(29-30-22)20-12-27-23-19(20)7-15(10-26-23)16-11-28-31(2)13-16/h4-13H,14H2,1-3H3,(H,26,27)(H,29,30). The van der Waals surface area contributed by atoms with Crippen LogP contribution in [0.2, 0.25) is 0 Å². The smallest absolute Gasteiger partial charge is 0.148 e. The van der Waals surface area contributed by atoms with Crippen molar-refractivity contribution in [3.05, 3.63) is 78.3 Å². The van der Waals surface area contributed by atoms with Gasteiger partial charge in [-0.25, -0.2) is 9.37 Å². The van der Waals surface area contributed by atoms with E-state index < -0.39 is 5.60 Å². The second kappa shape index (κ2) is 8.27. The van der Waals surface area contributed by atoms with Gasteiger partial charge in [-0.15, -0.1) is 0 Å². The number of aryl methyl sites for hydroxylation is 1. The van der Waals surface area contributed by atoms with Crippen LogP contribution in [0.1, 0.15) is 18.2 Å². The molecule has 1 aromatic carbocycles. The molecule has 33 heavy (non-hydrogen) atoms. The van der Waals surface area contributed by atoms with Gasteiger partial charge < -0.3 is 14.5 Å². The van der Waals surface area contributed by atoms with Gasteiger partial charge in [0.25, 0.3) is 0 Å². The SMILES string of the molecule is COCOC(C)(c1cccc(F)c1)c1cc(-c2c[nH]c3ncc(-c4cnn(C)c4)cc23)n[nH]1. The molecule has 0 amide bonds. The molecule has 0 bridgehead atoms. The fourth-order valence-corrected chi connectivity index (χ4v) is 3.93. The Kier molecular flexibility index (Phi) is 5.27. The lowest BCUT2D eigenvalue weighted by molar-refractivity contribution is -0.109. The Labute approximate surface area is 189 Å². The molecule has 0 radical (unpaired) electrons. The number of hydrogen-bond donors (Lipinski definition) is 2. The first-order valence-electron chi connectivity index (χ1n) is 10.4. The van der Waals surface area contributed by atoms with E-state index in [4.69, 9.17) is 9.47 Å². The van der Waals surface area contributed by atoms with Gasteiger partial charge in [0.15, 0.2) is 0 Å². The summed E-state index contributed by atoms with van der Waals surface area (Å²) in [4.78, 5) is 7.76. The van der Waals surface area contributed by atoms with Gasteiger partial charge in [0.2, 0.25) is 0 Å². The lowest BCUT2D eigenvalue weighted by atomic mass is 9.91. The van der Waals surface area contributed by atoms with Crippen molar-refractivity contribution in [1.29, 1.82) is 0 Å². The number of ether oxygens (including phenoxy) is 2. The van der Waals surface area contributed by atoms with Crippen molar-refractivity contribution in [2.24, 2.45) is 7.05 Å². The summed E-state index contributed by atoms with van der Waals surface area (Å²) in [5.74, 6) is -0.342. The highest BCUT2D eigenvalue weighted by Gasteiger charge is 2.33.